The number of nitrogens with one attached hydrogen (secondary N) is 1. The van der Waals surface area contributed by atoms with Gasteiger partial charge in [0.05, 0.1) is 29.7 Å². The minimum Gasteiger partial charge on any atom is -0.293 e. The number of rotatable bonds is 6. The third-order valence-corrected chi connectivity index (χ3v) is 4.63. The molecule has 2 heterocycles. The van der Waals surface area contributed by atoms with Gasteiger partial charge >= 0.3 is 0 Å². The van der Waals surface area contributed by atoms with E-state index in [2.05, 4.69) is 36.4 Å². The zero-order valence-corrected chi connectivity index (χ0v) is 16.8. The van der Waals surface area contributed by atoms with Crippen LogP contribution in [0.2, 0.25) is 10.0 Å². The molecule has 26 heavy (non-hydrogen) atoms. The first-order valence-electron chi connectivity index (χ1n) is 7.73. The zero-order valence-electron chi connectivity index (χ0n) is 13.7. The number of hydrogen-bond donors (Lipinski definition) is 1. The van der Waals surface area contributed by atoms with Crippen molar-refractivity contribution in [1.82, 2.24) is 24.5 Å². The minimum absolute atomic E-state index is 0.182. The monoisotopic (exact) mass is 456 g/mol. The van der Waals surface area contributed by atoms with E-state index in [0.29, 0.717) is 23.1 Å². The summed E-state index contributed by atoms with van der Waals surface area (Å²) in [4.78, 5) is 16.4. The highest BCUT2D eigenvalue weighted by molar-refractivity contribution is 9.10. The molecule has 0 saturated carbocycles. The second kappa shape index (κ2) is 8.20. The molecule has 0 fully saturated rings. The Morgan fingerprint density at radius 1 is 1.35 bits per heavy atom. The molecular formula is C16H15BrCl2N6O. The fourth-order valence-corrected chi connectivity index (χ4v) is 3.08. The average molecular weight is 458 g/mol. The lowest BCUT2D eigenvalue weighted by molar-refractivity contribution is -0.119. The summed E-state index contributed by atoms with van der Waals surface area (Å²) in [6.07, 6.45) is 5.03. The SMILES string of the molecule is CC(Cn1cc(Br)cn1)C(=O)Nc1ncn(Cc2ccc(Cl)cc2Cl)n1. The Balaban J connectivity index is 1.59. The number of nitrogens with zero attached hydrogens (tertiary/aromatic N) is 5. The van der Waals surface area contributed by atoms with Gasteiger partial charge in [0, 0.05) is 16.2 Å². The Kier molecular flexibility index (Phi) is 5.95. The first-order chi connectivity index (χ1) is 12.4. The molecule has 0 aliphatic carbocycles. The van der Waals surface area contributed by atoms with Crippen molar-refractivity contribution in [3.05, 3.63) is 57.0 Å². The number of carbonyl (C=O) groups excluding carboxylic acids is 1. The van der Waals surface area contributed by atoms with Crippen molar-refractivity contribution in [1.29, 1.82) is 0 Å². The maximum Gasteiger partial charge on any atom is 0.248 e. The number of amides is 1. The van der Waals surface area contributed by atoms with E-state index >= 15 is 0 Å². The Labute approximate surface area is 168 Å². The van der Waals surface area contributed by atoms with Gasteiger partial charge in [-0.25, -0.2) is 9.67 Å². The Morgan fingerprint density at radius 2 is 2.15 bits per heavy atom. The molecule has 0 spiro atoms. The molecule has 1 N–H and O–H groups in total. The number of benzene rings is 1. The van der Waals surface area contributed by atoms with Crippen LogP contribution >= 0.6 is 39.1 Å². The summed E-state index contributed by atoms with van der Waals surface area (Å²) in [6.45, 7) is 2.70. The summed E-state index contributed by atoms with van der Waals surface area (Å²) < 4.78 is 4.16. The van der Waals surface area contributed by atoms with Gasteiger partial charge in [-0.2, -0.15) is 5.10 Å². The third kappa shape index (κ3) is 4.84. The zero-order chi connectivity index (χ0) is 18.7. The van der Waals surface area contributed by atoms with Crippen LogP contribution in [0.4, 0.5) is 5.95 Å². The van der Waals surface area contributed by atoms with Crippen molar-refractivity contribution in [2.24, 2.45) is 5.92 Å². The highest BCUT2D eigenvalue weighted by Crippen LogP contribution is 2.21. The third-order valence-electron chi connectivity index (χ3n) is 3.63. The molecule has 1 atom stereocenters. The van der Waals surface area contributed by atoms with Gasteiger partial charge in [-0.05, 0) is 33.6 Å². The second-order valence-corrected chi connectivity index (χ2v) is 7.53. The van der Waals surface area contributed by atoms with E-state index in [1.165, 1.54) is 6.33 Å². The van der Waals surface area contributed by atoms with Gasteiger partial charge in [0.1, 0.15) is 6.33 Å². The summed E-state index contributed by atoms with van der Waals surface area (Å²) in [7, 11) is 0. The number of anilines is 1. The van der Waals surface area contributed by atoms with Gasteiger partial charge < -0.3 is 0 Å². The number of halogens is 3. The van der Waals surface area contributed by atoms with Gasteiger partial charge in [-0.1, -0.05) is 36.2 Å². The van der Waals surface area contributed by atoms with Crippen LogP contribution in [-0.2, 0) is 17.9 Å². The van der Waals surface area contributed by atoms with Crippen LogP contribution in [0.15, 0.2) is 41.4 Å². The molecule has 1 amide bonds. The van der Waals surface area contributed by atoms with Crippen molar-refractivity contribution < 1.29 is 4.79 Å². The summed E-state index contributed by atoms with van der Waals surface area (Å²) in [5, 5.41) is 12.2. The molecule has 0 aliphatic rings. The van der Waals surface area contributed by atoms with Crippen molar-refractivity contribution in [2.75, 3.05) is 5.32 Å². The molecule has 0 aliphatic heterocycles. The topological polar surface area (TPSA) is 77.6 Å². The summed E-state index contributed by atoms with van der Waals surface area (Å²) in [5.74, 6) is -0.230. The first kappa shape index (κ1) is 18.9. The van der Waals surface area contributed by atoms with Gasteiger partial charge in [-0.3, -0.25) is 14.8 Å². The lowest BCUT2D eigenvalue weighted by atomic mass is 10.1. The van der Waals surface area contributed by atoms with E-state index in [9.17, 15) is 4.79 Å². The summed E-state index contributed by atoms with van der Waals surface area (Å²) in [6, 6.07) is 5.26. The van der Waals surface area contributed by atoms with Crippen LogP contribution in [0, 0.1) is 5.92 Å². The van der Waals surface area contributed by atoms with Crippen LogP contribution in [0.1, 0.15) is 12.5 Å². The number of carbonyl (C=O) groups is 1. The Bertz CT molecular complexity index is 925. The smallest absolute Gasteiger partial charge is 0.248 e. The van der Waals surface area contributed by atoms with E-state index < -0.39 is 0 Å². The van der Waals surface area contributed by atoms with Crippen molar-refractivity contribution in [3.8, 4) is 0 Å². The van der Waals surface area contributed by atoms with Crippen molar-refractivity contribution in [2.45, 2.75) is 20.0 Å². The Hall–Kier alpha value is -1.90. The molecule has 136 valence electrons. The van der Waals surface area contributed by atoms with E-state index in [1.807, 2.05) is 19.2 Å². The van der Waals surface area contributed by atoms with Gasteiger partial charge in [0.15, 0.2) is 0 Å². The van der Waals surface area contributed by atoms with Crippen LogP contribution in [0.5, 0.6) is 0 Å². The fourth-order valence-electron chi connectivity index (χ4n) is 2.29. The quantitative estimate of drug-likeness (QED) is 0.609. The maximum absolute atomic E-state index is 12.3. The van der Waals surface area contributed by atoms with Crippen LogP contribution < -0.4 is 5.32 Å². The van der Waals surface area contributed by atoms with Gasteiger partial charge in [0.2, 0.25) is 11.9 Å². The summed E-state index contributed by atoms with van der Waals surface area (Å²) in [5.41, 5.74) is 0.858. The summed E-state index contributed by atoms with van der Waals surface area (Å²) >= 11 is 15.4. The fraction of sp³-hybridized carbons (Fsp3) is 0.250. The standard InChI is InChI=1S/C16H15BrCl2N6O/c1-10(6-24-8-12(17)5-21-24)15(26)22-16-20-9-25(23-16)7-11-2-3-13(18)4-14(11)19/h2-5,8-10H,6-7H2,1H3,(H,22,23,26). The Morgan fingerprint density at radius 3 is 2.85 bits per heavy atom. The molecule has 0 bridgehead atoms. The number of aromatic nitrogens is 5. The van der Waals surface area contributed by atoms with E-state index in [0.717, 1.165) is 10.0 Å². The number of hydrogen-bond acceptors (Lipinski definition) is 4. The molecule has 0 radical (unpaired) electrons. The van der Waals surface area contributed by atoms with Crippen LogP contribution in [0.3, 0.4) is 0 Å². The normalized spacial score (nSPS) is 12.2. The second-order valence-electron chi connectivity index (χ2n) is 5.77. The van der Waals surface area contributed by atoms with E-state index in [1.54, 1.807) is 27.7 Å². The minimum atomic E-state index is -0.292. The molecule has 0 saturated heterocycles. The molecule has 7 nitrogen and oxygen atoms in total. The lowest BCUT2D eigenvalue weighted by Crippen LogP contribution is -2.25. The lowest BCUT2D eigenvalue weighted by Gasteiger charge is -2.10. The first-order valence-corrected chi connectivity index (χ1v) is 9.28. The largest absolute Gasteiger partial charge is 0.293 e. The van der Waals surface area contributed by atoms with Crippen molar-refractivity contribution >= 4 is 51.0 Å². The predicted octanol–water partition coefficient (Wildman–Crippen LogP) is 3.87. The molecule has 2 aromatic heterocycles. The van der Waals surface area contributed by atoms with Crippen LogP contribution in [-0.4, -0.2) is 30.5 Å². The highest BCUT2D eigenvalue weighted by Gasteiger charge is 2.16. The maximum atomic E-state index is 12.3. The average Bonchev–Trinajstić information content (AvgIpc) is 3.19. The molecule has 3 rings (SSSR count). The van der Waals surface area contributed by atoms with Crippen LogP contribution in [0.25, 0.3) is 0 Å². The van der Waals surface area contributed by atoms with Gasteiger partial charge in [-0.15, -0.1) is 5.10 Å². The van der Waals surface area contributed by atoms with Crippen molar-refractivity contribution in [3.63, 3.8) is 0 Å². The van der Waals surface area contributed by atoms with Gasteiger partial charge in [0.25, 0.3) is 0 Å². The molecular weight excluding hydrogens is 443 g/mol. The molecule has 3 aromatic rings. The van der Waals surface area contributed by atoms with E-state index in [4.69, 9.17) is 23.2 Å². The van der Waals surface area contributed by atoms with E-state index in [-0.39, 0.29) is 17.8 Å². The predicted molar refractivity (Wildman–Crippen MR) is 103 cm³/mol. The molecule has 10 heteroatoms. The highest BCUT2D eigenvalue weighted by atomic mass is 79.9. The molecule has 1 aromatic carbocycles. The molecule has 1 unspecified atom stereocenters.